The van der Waals surface area contributed by atoms with Gasteiger partial charge in [0.05, 0.1) is 15.8 Å². The Morgan fingerprint density at radius 3 is 2.15 bits per heavy atom. The second-order valence-corrected chi connectivity index (χ2v) is 5.64. The first-order valence-corrected chi connectivity index (χ1v) is 6.80. The summed E-state index contributed by atoms with van der Waals surface area (Å²) in [5.41, 5.74) is 2.40. The van der Waals surface area contributed by atoms with Gasteiger partial charge in [0.1, 0.15) is 22.5 Å². The summed E-state index contributed by atoms with van der Waals surface area (Å²) >= 11 is 1.21. The van der Waals surface area contributed by atoms with Crippen LogP contribution in [0.4, 0.5) is 13.2 Å². The van der Waals surface area contributed by atoms with Crippen molar-refractivity contribution in [2.45, 2.75) is 13.8 Å². The first-order valence-electron chi connectivity index (χ1n) is 5.99. The average Bonchev–Trinajstić information content (AvgIpc) is 2.78. The van der Waals surface area contributed by atoms with Crippen LogP contribution in [0.5, 0.6) is 0 Å². The molecule has 0 spiro atoms. The van der Waals surface area contributed by atoms with Crippen LogP contribution < -0.4 is 0 Å². The van der Waals surface area contributed by atoms with E-state index in [9.17, 15) is 13.2 Å². The summed E-state index contributed by atoms with van der Waals surface area (Å²) in [6.45, 7) is 3.81. The summed E-state index contributed by atoms with van der Waals surface area (Å²) in [5, 5.41) is 0.229. The van der Waals surface area contributed by atoms with E-state index >= 15 is 0 Å². The predicted octanol–water partition coefficient (Wildman–Crippen LogP) is 5.00. The van der Waals surface area contributed by atoms with Crippen LogP contribution in [0.15, 0.2) is 24.3 Å². The first-order chi connectivity index (χ1) is 9.47. The van der Waals surface area contributed by atoms with Crippen LogP contribution in [0.1, 0.15) is 11.1 Å². The third kappa shape index (κ3) is 1.98. The van der Waals surface area contributed by atoms with Crippen LogP contribution in [0.2, 0.25) is 0 Å². The minimum absolute atomic E-state index is 0.229. The molecular formula is C15H10F3NS. The van der Waals surface area contributed by atoms with Gasteiger partial charge in [-0.3, -0.25) is 0 Å². The predicted molar refractivity (Wildman–Crippen MR) is 74.4 cm³/mol. The molecule has 3 rings (SSSR count). The van der Waals surface area contributed by atoms with Crippen LogP contribution in [-0.4, -0.2) is 4.98 Å². The molecule has 0 saturated heterocycles. The maximum absolute atomic E-state index is 13.8. The quantitative estimate of drug-likeness (QED) is 0.615. The summed E-state index contributed by atoms with van der Waals surface area (Å²) in [6.07, 6.45) is 0. The topological polar surface area (TPSA) is 12.9 Å². The molecule has 0 fully saturated rings. The molecule has 102 valence electrons. The molecule has 0 aliphatic heterocycles. The van der Waals surface area contributed by atoms with Crippen molar-refractivity contribution in [2.24, 2.45) is 0 Å². The van der Waals surface area contributed by atoms with E-state index in [1.54, 1.807) is 0 Å². The standard InChI is InChI=1S/C15H10F3NS/c1-7-3-4-8(2)14-13(7)19-15(20-14)12-10(17)5-9(16)6-11(12)18/h3-6H,1-2H3. The van der Waals surface area contributed by atoms with Crippen molar-refractivity contribution in [3.8, 4) is 10.6 Å². The molecule has 1 aromatic heterocycles. The Morgan fingerprint density at radius 1 is 0.950 bits per heavy atom. The zero-order valence-electron chi connectivity index (χ0n) is 10.8. The fourth-order valence-corrected chi connectivity index (χ4v) is 3.27. The van der Waals surface area contributed by atoms with Crippen molar-refractivity contribution in [3.05, 3.63) is 52.8 Å². The molecule has 0 saturated carbocycles. The number of halogens is 3. The van der Waals surface area contributed by atoms with Gasteiger partial charge < -0.3 is 0 Å². The molecule has 1 heterocycles. The van der Waals surface area contributed by atoms with Crippen molar-refractivity contribution in [1.29, 1.82) is 0 Å². The van der Waals surface area contributed by atoms with Crippen molar-refractivity contribution >= 4 is 21.6 Å². The molecule has 0 unspecified atom stereocenters. The van der Waals surface area contributed by atoms with Crippen molar-refractivity contribution in [2.75, 3.05) is 0 Å². The van der Waals surface area contributed by atoms with E-state index in [4.69, 9.17) is 0 Å². The number of rotatable bonds is 1. The number of hydrogen-bond acceptors (Lipinski definition) is 2. The molecule has 0 radical (unpaired) electrons. The van der Waals surface area contributed by atoms with Gasteiger partial charge in [0.25, 0.3) is 0 Å². The van der Waals surface area contributed by atoms with Gasteiger partial charge in [0, 0.05) is 12.1 Å². The Labute approximate surface area is 117 Å². The number of benzene rings is 2. The van der Waals surface area contributed by atoms with E-state index in [-0.39, 0.29) is 10.6 Å². The molecular weight excluding hydrogens is 283 g/mol. The highest BCUT2D eigenvalue weighted by Gasteiger charge is 2.18. The fraction of sp³-hybridized carbons (Fsp3) is 0.133. The van der Waals surface area contributed by atoms with E-state index in [1.807, 2.05) is 26.0 Å². The zero-order valence-corrected chi connectivity index (χ0v) is 11.6. The van der Waals surface area contributed by atoms with E-state index in [0.717, 1.165) is 21.3 Å². The number of nitrogens with zero attached hydrogens (tertiary/aromatic N) is 1. The molecule has 0 aliphatic rings. The molecule has 0 atom stereocenters. The highest BCUT2D eigenvalue weighted by atomic mass is 32.1. The Balaban J connectivity index is 2.31. The zero-order chi connectivity index (χ0) is 14.4. The van der Waals surface area contributed by atoms with Crippen molar-refractivity contribution in [3.63, 3.8) is 0 Å². The van der Waals surface area contributed by atoms with Crippen LogP contribution in [0.25, 0.3) is 20.8 Å². The third-order valence-electron chi connectivity index (χ3n) is 3.16. The van der Waals surface area contributed by atoms with Gasteiger partial charge in [-0.05, 0) is 25.0 Å². The molecule has 0 bridgehead atoms. The molecule has 1 nitrogen and oxygen atoms in total. The minimum Gasteiger partial charge on any atom is -0.236 e. The lowest BCUT2D eigenvalue weighted by Gasteiger charge is -2.01. The van der Waals surface area contributed by atoms with Gasteiger partial charge >= 0.3 is 0 Å². The maximum atomic E-state index is 13.8. The van der Waals surface area contributed by atoms with Crippen molar-refractivity contribution < 1.29 is 13.2 Å². The first kappa shape index (κ1) is 13.1. The highest BCUT2D eigenvalue weighted by molar-refractivity contribution is 7.21. The summed E-state index contributed by atoms with van der Waals surface area (Å²) in [7, 11) is 0. The van der Waals surface area contributed by atoms with Gasteiger partial charge in [-0.1, -0.05) is 12.1 Å². The number of thiazole rings is 1. The summed E-state index contributed by atoms with van der Waals surface area (Å²) in [5.74, 6) is -2.80. The van der Waals surface area contributed by atoms with Crippen LogP contribution >= 0.6 is 11.3 Å². The van der Waals surface area contributed by atoms with Gasteiger partial charge in [0.2, 0.25) is 0 Å². The van der Waals surface area contributed by atoms with Gasteiger partial charge in [0.15, 0.2) is 0 Å². The Kier molecular flexibility index (Phi) is 3.01. The number of aryl methyl sites for hydroxylation is 2. The Hall–Kier alpha value is -1.88. The molecule has 3 aromatic rings. The average molecular weight is 293 g/mol. The highest BCUT2D eigenvalue weighted by Crippen LogP contribution is 2.36. The van der Waals surface area contributed by atoms with E-state index in [2.05, 4.69) is 4.98 Å². The second-order valence-electron chi connectivity index (χ2n) is 4.64. The normalized spacial score (nSPS) is 11.2. The Morgan fingerprint density at radius 2 is 1.55 bits per heavy atom. The third-order valence-corrected chi connectivity index (χ3v) is 4.37. The molecule has 5 heteroatoms. The summed E-state index contributed by atoms with van der Waals surface area (Å²) < 4.78 is 41.5. The van der Waals surface area contributed by atoms with E-state index in [1.165, 1.54) is 11.3 Å². The van der Waals surface area contributed by atoms with Gasteiger partial charge in [-0.25, -0.2) is 18.2 Å². The number of hydrogen-bond donors (Lipinski definition) is 0. The molecule has 2 aromatic carbocycles. The lowest BCUT2D eigenvalue weighted by atomic mass is 10.1. The molecule has 0 amide bonds. The SMILES string of the molecule is Cc1ccc(C)c2sc(-c3c(F)cc(F)cc3F)nc12. The molecule has 0 N–H and O–H groups in total. The maximum Gasteiger partial charge on any atom is 0.139 e. The number of aromatic nitrogens is 1. The minimum atomic E-state index is -0.933. The van der Waals surface area contributed by atoms with E-state index in [0.29, 0.717) is 12.1 Å². The van der Waals surface area contributed by atoms with Crippen molar-refractivity contribution in [1.82, 2.24) is 4.98 Å². The van der Waals surface area contributed by atoms with Gasteiger partial charge in [-0.2, -0.15) is 0 Å². The lowest BCUT2D eigenvalue weighted by molar-refractivity contribution is 0.548. The smallest absolute Gasteiger partial charge is 0.139 e. The molecule has 20 heavy (non-hydrogen) atoms. The molecule has 0 aliphatic carbocycles. The van der Waals surface area contributed by atoms with Crippen LogP contribution in [0.3, 0.4) is 0 Å². The van der Waals surface area contributed by atoms with Crippen LogP contribution in [-0.2, 0) is 0 Å². The summed E-state index contributed by atoms with van der Waals surface area (Å²) in [4.78, 5) is 4.31. The monoisotopic (exact) mass is 293 g/mol. The second kappa shape index (κ2) is 4.59. The van der Waals surface area contributed by atoms with Crippen LogP contribution in [0, 0.1) is 31.3 Å². The number of fused-ring (bicyclic) bond motifs is 1. The van der Waals surface area contributed by atoms with E-state index < -0.39 is 17.5 Å². The van der Waals surface area contributed by atoms with Gasteiger partial charge in [-0.15, -0.1) is 11.3 Å². The summed E-state index contributed by atoms with van der Waals surface area (Å²) in [6, 6.07) is 5.20. The fourth-order valence-electron chi connectivity index (χ4n) is 2.11. The Bertz CT molecular complexity index is 761. The largest absolute Gasteiger partial charge is 0.236 e. The lowest BCUT2D eigenvalue weighted by Crippen LogP contribution is -1.91.